The van der Waals surface area contributed by atoms with Crippen LogP contribution in [0.15, 0.2) is 66.9 Å². The molecule has 2 aromatic carbocycles. The van der Waals surface area contributed by atoms with Crippen LogP contribution >= 0.6 is 0 Å². The van der Waals surface area contributed by atoms with Crippen LogP contribution in [0.3, 0.4) is 0 Å². The fourth-order valence-corrected chi connectivity index (χ4v) is 7.87. The molecule has 2 fully saturated rings. The van der Waals surface area contributed by atoms with Crippen LogP contribution < -0.4 is 16.4 Å². The molecule has 0 bridgehead atoms. The zero-order valence-corrected chi connectivity index (χ0v) is 32.5. The van der Waals surface area contributed by atoms with E-state index >= 15 is 0 Å². The number of ether oxygens (including phenoxy) is 1. The van der Waals surface area contributed by atoms with Gasteiger partial charge in [0.2, 0.25) is 0 Å². The van der Waals surface area contributed by atoms with Crippen LogP contribution in [0, 0.1) is 6.92 Å². The molecule has 0 unspecified atom stereocenters. The number of nitrogens with zero attached hydrogens (tertiary/aromatic N) is 6. The number of carbonyl (C=O) groups excluding carboxylic acids is 2. The highest BCUT2D eigenvalue weighted by Gasteiger charge is 2.27. The molecule has 2 saturated heterocycles. The van der Waals surface area contributed by atoms with Crippen LogP contribution in [-0.2, 0) is 37.3 Å². The van der Waals surface area contributed by atoms with E-state index in [1.807, 2.05) is 15.8 Å². The molecule has 12 nitrogen and oxygen atoms in total. The third-order valence-electron chi connectivity index (χ3n) is 10.8. The molecule has 0 aliphatic carbocycles. The van der Waals surface area contributed by atoms with E-state index in [1.165, 1.54) is 11.6 Å². The van der Waals surface area contributed by atoms with Crippen molar-refractivity contribution in [1.29, 1.82) is 0 Å². The second-order valence-corrected chi connectivity index (χ2v) is 14.9. The van der Waals surface area contributed by atoms with Crippen molar-refractivity contribution in [2.24, 2.45) is 5.73 Å². The summed E-state index contributed by atoms with van der Waals surface area (Å²) in [6.07, 6.45) is 4.29. The summed E-state index contributed by atoms with van der Waals surface area (Å²) in [5.41, 5.74) is 15.1. The second kappa shape index (κ2) is 17.1. The first-order chi connectivity index (χ1) is 26.7. The fraction of sp³-hybridized carbons (Fsp3) is 0.419. The van der Waals surface area contributed by atoms with Crippen molar-refractivity contribution in [3.63, 3.8) is 0 Å². The molecule has 4 N–H and O–H groups in total. The lowest BCUT2D eigenvalue weighted by molar-refractivity contribution is 0.0723. The van der Waals surface area contributed by atoms with Crippen molar-refractivity contribution >= 4 is 28.5 Å². The number of benzene rings is 2. The lowest BCUT2D eigenvalue weighted by Crippen LogP contribution is -2.48. The molecule has 7 rings (SSSR count). The van der Waals surface area contributed by atoms with Crippen molar-refractivity contribution < 1.29 is 14.3 Å². The van der Waals surface area contributed by atoms with E-state index in [1.54, 1.807) is 12.1 Å². The van der Waals surface area contributed by atoms with Gasteiger partial charge in [0, 0.05) is 75.8 Å². The number of amides is 2. The predicted octanol–water partition coefficient (Wildman–Crippen LogP) is 5.71. The normalized spacial score (nSPS) is 16.7. The SMILES string of the molecule is CCc1nc2c(cnn2CC)c(NC2CCOCC2)c1CN(Cc1ccc(C)c(-c2cccc(CN3CCN[C@@H](C)C3)c2)c1)C(=O)c1cccc(C(N)=O)n1. The topological polar surface area (TPSA) is 144 Å². The Morgan fingerprint density at radius 1 is 1.00 bits per heavy atom. The first-order valence-electron chi connectivity index (χ1n) is 19.6. The van der Waals surface area contributed by atoms with E-state index in [-0.39, 0.29) is 29.9 Å². The summed E-state index contributed by atoms with van der Waals surface area (Å²) in [5, 5.41) is 13.0. The van der Waals surface area contributed by atoms with Crippen LogP contribution in [0.4, 0.5) is 5.69 Å². The smallest absolute Gasteiger partial charge is 0.273 e. The van der Waals surface area contributed by atoms with Gasteiger partial charge in [0.25, 0.3) is 11.8 Å². The van der Waals surface area contributed by atoms with Gasteiger partial charge < -0.3 is 26.0 Å². The van der Waals surface area contributed by atoms with Gasteiger partial charge in [-0.1, -0.05) is 43.3 Å². The molecule has 2 aliphatic rings. The molecule has 2 aliphatic heterocycles. The maximum atomic E-state index is 14.7. The summed E-state index contributed by atoms with van der Waals surface area (Å²) in [7, 11) is 0. The lowest BCUT2D eigenvalue weighted by atomic mass is 9.96. The number of anilines is 1. The van der Waals surface area contributed by atoms with Crippen LogP contribution in [0.5, 0.6) is 0 Å². The average Bonchev–Trinajstić information content (AvgIpc) is 3.62. The Morgan fingerprint density at radius 2 is 1.80 bits per heavy atom. The number of piperazine rings is 1. The number of rotatable bonds is 13. The largest absolute Gasteiger partial charge is 0.381 e. The first-order valence-corrected chi connectivity index (χ1v) is 19.6. The first kappa shape index (κ1) is 38.1. The minimum Gasteiger partial charge on any atom is -0.381 e. The molecule has 0 spiro atoms. The van der Waals surface area contributed by atoms with Crippen molar-refractivity contribution in [1.82, 2.24) is 34.9 Å². The quantitative estimate of drug-likeness (QED) is 0.138. The molecule has 12 heteroatoms. The number of nitrogens with one attached hydrogen (secondary N) is 2. The number of nitrogens with two attached hydrogens (primary N) is 1. The van der Waals surface area contributed by atoms with Crippen molar-refractivity contribution in [2.75, 3.05) is 38.2 Å². The number of aromatic nitrogens is 4. The molecule has 5 aromatic rings. The standard InChI is InChI=1S/C43H53N9O3/c1-5-37-36(40(47-33-15-19-55-20-16-33)35-23-46-52(6-2)42(35)49-37)27-51(43(54)39-12-8-11-38(48-39)41(44)53)26-31-14-13-28(3)34(22-31)32-10-7-9-30(21-32)25-50-18-17-45-29(4)24-50/h7-14,21-23,29,33,45H,5-6,15-20,24-27H2,1-4H3,(H2,44,53)(H,47,49)/t29-/m0/s1. The lowest BCUT2D eigenvalue weighted by Gasteiger charge is -2.31. The Morgan fingerprint density at radius 3 is 2.56 bits per heavy atom. The van der Waals surface area contributed by atoms with E-state index < -0.39 is 5.91 Å². The van der Waals surface area contributed by atoms with Crippen LogP contribution in [0.2, 0.25) is 0 Å². The van der Waals surface area contributed by atoms with Gasteiger partial charge in [-0.2, -0.15) is 5.10 Å². The molecular weight excluding hydrogens is 691 g/mol. The second-order valence-electron chi connectivity index (χ2n) is 14.9. The Labute approximate surface area is 323 Å². The van der Waals surface area contributed by atoms with Gasteiger partial charge in [-0.25, -0.2) is 14.6 Å². The number of hydrogen-bond acceptors (Lipinski definition) is 9. The fourth-order valence-electron chi connectivity index (χ4n) is 7.87. The summed E-state index contributed by atoms with van der Waals surface area (Å²) >= 11 is 0. The number of pyridine rings is 2. The van der Waals surface area contributed by atoms with Gasteiger partial charge >= 0.3 is 0 Å². The molecule has 0 saturated carbocycles. The summed E-state index contributed by atoms with van der Waals surface area (Å²) in [5.74, 6) is -0.988. The number of fused-ring (bicyclic) bond motifs is 1. The maximum absolute atomic E-state index is 14.7. The minimum atomic E-state index is -0.683. The number of aryl methyl sites for hydroxylation is 3. The summed E-state index contributed by atoms with van der Waals surface area (Å²) in [4.78, 5) is 40.7. The molecule has 1 atom stereocenters. The summed E-state index contributed by atoms with van der Waals surface area (Å²) in [6, 6.07) is 20.7. The molecule has 5 heterocycles. The summed E-state index contributed by atoms with van der Waals surface area (Å²) < 4.78 is 7.61. The van der Waals surface area contributed by atoms with Gasteiger partial charge in [-0.3, -0.25) is 14.5 Å². The van der Waals surface area contributed by atoms with Gasteiger partial charge in [-0.15, -0.1) is 0 Å². The highest BCUT2D eigenvalue weighted by molar-refractivity contribution is 5.96. The predicted molar refractivity (Wildman–Crippen MR) is 216 cm³/mol. The van der Waals surface area contributed by atoms with Gasteiger partial charge in [0.15, 0.2) is 5.65 Å². The third kappa shape index (κ3) is 8.72. The molecule has 3 aromatic heterocycles. The number of primary amides is 1. The van der Waals surface area contributed by atoms with Crippen molar-refractivity contribution in [3.8, 4) is 11.1 Å². The Hall–Kier alpha value is -5.17. The minimum absolute atomic E-state index is 0.0461. The molecular formula is C43H53N9O3. The highest BCUT2D eigenvalue weighted by Crippen LogP contribution is 2.34. The zero-order chi connectivity index (χ0) is 38.5. The van der Waals surface area contributed by atoms with Gasteiger partial charge in [0.1, 0.15) is 11.4 Å². The molecule has 288 valence electrons. The van der Waals surface area contributed by atoms with Crippen LogP contribution in [-0.4, -0.2) is 86.3 Å². The van der Waals surface area contributed by atoms with Crippen LogP contribution in [0.1, 0.15) is 82.5 Å². The Bertz CT molecular complexity index is 2160. The Balaban J connectivity index is 1.27. The highest BCUT2D eigenvalue weighted by atomic mass is 16.5. The monoisotopic (exact) mass is 743 g/mol. The number of hydrogen-bond donors (Lipinski definition) is 3. The number of carbonyl (C=O) groups is 2. The van der Waals surface area contributed by atoms with Crippen molar-refractivity contribution in [3.05, 3.63) is 106 Å². The molecule has 55 heavy (non-hydrogen) atoms. The van der Waals surface area contributed by atoms with Gasteiger partial charge in [0.05, 0.1) is 23.8 Å². The van der Waals surface area contributed by atoms with Crippen molar-refractivity contribution in [2.45, 2.75) is 85.2 Å². The molecule has 0 radical (unpaired) electrons. The Kier molecular flexibility index (Phi) is 11.8. The van der Waals surface area contributed by atoms with E-state index in [9.17, 15) is 9.59 Å². The summed E-state index contributed by atoms with van der Waals surface area (Å²) in [6.45, 7) is 15.1. The van der Waals surface area contributed by atoms with E-state index in [0.717, 1.165) is 89.3 Å². The maximum Gasteiger partial charge on any atom is 0.273 e. The van der Waals surface area contributed by atoms with E-state index in [4.69, 9.17) is 15.5 Å². The third-order valence-corrected chi connectivity index (χ3v) is 10.8. The average molecular weight is 744 g/mol. The van der Waals surface area contributed by atoms with Gasteiger partial charge in [-0.05, 0) is 92.1 Å². The van der Waals surface area contributed by atoms with E-state index in [0.29, 0.717) is 38.8 Å². The molecule has 2 amide bonds. The zero-order valence-electron chi connectivity index (χ0n) is 32.5. The van der Waals surface area contributed by atoms with Crippen LogP contribution in [0.25, 0.3) is 22.2 Å². The van der Waals surface area contributed by atoms with E-state index in [2.05, 4.69) is 95.8 Å².